The van der Waals surface area contributed by atoms with Crippen LogP contribution < -0.4 is 4.74 Å². The van der Waals surface area contributed by atoms with Gasteiger partial charge in [0.2, 0.25) is 0 Å². The number of rotatable bonds is 9. The van der Waals surface area contributed by atoms with Crippen LogP contribution in [-0.2, 0) is 11.3 Å². The summed E-state index contributed by atoms with van der Waals surface area (Å²) in [6, 6.07) is 7.90. The molecule has 0 radical (unpaired) electrons. The van der Waals surface area contributed by atoms with E-state index < -0.39 is 5.97 Å². The molecule has 0 saturated heterocycles. The van der Waals surface area contributed by atoms with Crippen molar-refractivity contribution in [1.82, 2.24) is 4.90 Å². The van der Waals surface area contributed by atoms with Gasteiger partial charge in [0.05, 0.1) is 7.11 Å². The highest BCUT2D eigenvalue weighted by Crippen LogP contribution is 2.13. The molecule has 0 heterocycles. The fourth-order valence-corrected chi connectivity index (χ4v) is 1.86. The molecule has 1 rings (SSSR count). The number of carboxylic acid groups (broad SMARTS) is 1. The molecular weight excluding hydrogens is 242 g/mol. The van der Waals surface area contributed by atoms with E-state index in [1.807, 2.05) is 30.3 Å². The zero-order chi connectivity index (χ0) is 14.1. The summed E-state index contributed by atoms with van der Waals surface area (Å²) in [5.41, 5.74) is 1.18. The predicted molar refractivity (Wildman–Crippen MR) is 75.3 cm³/mol. The lowest BCUT2D eigenvalue weighted by molar-refractivity contribution is -0.137. The molecule has 0 saturated carbocycles. The summed E-state index contributed by atoms with van der Waals surface area (Å²) in [5.74, 6) is 0.0906. The fourth-order valence-electron chi connectivity index (χ4n) is 1.86. The monoisotopic (exact) mass is 263 g/mol. The number of benzene rings is 1. The van der Waals surface area contributed by atoms with E-state index in [1.165, 1.54) is 5.56 Å². The molecule has 4 nitrogen and oxygen atoms in total. The van der Waals surface area contributed by atoms with Crippen LogP contribution in [0.3, 0.4) is 0 Å². The molecule has 0 aliphatic rings. The van der Waals surface area contributed by atoms with Crippen molar-refractivity contribution in [3.8, 4) is 5.75 Å². The van der Waals surface area contributed by atoms with Crippen LogP contribution in [0.25, 0.3) is 0 Å². The predicted octanol–water partition coefficient (Wildman–Crippen LogP) is 2.55. The topological polar surface area (TPSA) is 49.8 Å². The van der Waals surface area contributed by atoms with Crippen LogP contribution in [0, 0.1) is 0 Å². The van der Waals surface area contributed by atoms with Crippen molar-refractivity contribution in [3.05, 3.63) is 42.5 Å². The minimum absolute atomic E-state index is 0.205. The Bertz CT molecular complexity index is 400. The second-order valence-corrected chi connectivity index (χ2v) is 4.37. The average molecular weight is 263 g/mol. The van der Waals surface area contributed by atoms with Gasteiger partial charge in [0.1, 0.15) is 5.75 Å². The van der Waals surface area contributed by atoms with Crippen LogP contribution in [0.5, 0.6) is 5.75 Å². The summed E-state index contributed by atoms with van der Waals surface area (Å²) in [7, 11) is 1.64. The Morgan fingerprint density at radius 3 is 2.63 bits per heavy atom. The molecule has 0 bridgehead atoms. The quantitative estimate of drug-likeness (QED) is 0.696. The number of hydrogen-bond donors (Lipinski definition) is 1. The van der Waals surface area contributed by atoms with Crippen molar-refractivity contribution in [2.45, 2.75) is 19.4 Å². The van der Waals surface area contributed by atoms with Crippen molar-refractivity contribution in [2.24, 2.45) is 0 Å². The van der Waals surface area contributed by atoms with E-state index in [0.717, 1.165) is 25.4 Å². The van der Waals surface area contributed by atoms with E-state index in [9.17, 15) is 4.79 Å². The molecule has 0 unspecified atom stereocenters. The van der Waals surface area contributed by atoms with Crippen molar-refractivity contribution in [1.29, 1.82) is 0 Å². The number of nitrogens with zero attached hydrogens (tertiary/aromatic N) is 1. The second-order valence-electron chi connectivity index (χ2n) is 4.37. The number of hydrogen-bond acceptors (Lipinski definition) is 3. The molecule has 0 aromatic heterocycles. The van der Waals surface area contributed by atoms with E-state index in [4.69, 9.17) is 9.84 Å². The first-order valence-corrected chi connectivity index (χ1v) is 6.33. The lowest BCUT2D eigenvalue weighted by Crippen LogP contribution is -2.25. The smallest absolute Gasteiger partial charge is 0.303 e. The van der Waals surface area contributed by atoms with Crippen LogP contribution in [0.4, 0.5) is 0 Å². The second kappa shape index (κ2) is 8.32. The minimum Gasteiger partial charge on any atom is -0.497 e. The first kappa shape index (κ1) is 15.2. The van der Waals surface area contributed by atoms with Gasteiger partial charge in [0.25, 0.3) is 0 Å². The third-order valence-electron chi connectivity index (χ3n) is 2.82. The van der Waals surface area contributed by atoms with Crippen molar-refractivity contribution < 1.29 is 14.6 Å². The van der Waals surface area contributed by atoms with Gasteiger partial charge < -0.3 is 9.84 Å². The van der Waals surface area contributed by atoms with E-state index in [1.54, 1.807) is 7.11 Å². The van der Waals surface area contributed by atoms with Gasteiger partial charge in [-0.3, -0.25) is 9.69 Å². The van der Waals surface area contributed by atoms with Gasteiger partial charge >= 0.3 is 5.97 Å². The summed E-state index contributed by atoms with van der Waals surface area (Å²) in [5, 5.41) is 8.65. The Hall–Kier alpha value is -1.81. The summed E-state index contributed by atoms with van der Waals surface area (Å²) >= 11 is 0. The molecule has 1 N–H and O–H groups in total. The molecule has 0 aliphatic carbocycles. The summed E-state index contributed by atoms with van der Waals surface area (Å²) in [4.78, 5) is 12.7. The van der Waals surface area contributed by atoms with Gasteiger partial charge in [0, 0.05) is 19.5 Å². The first-order valence-electron chi connectivity index (χ1n) is 6.33. The number of carbonyl (C=O) groups is 1. The van der Waals surface area contributed by atoms with Crippen LogP contribution in [0.1, 0.15) is 18.4 Å². The molecule has 0 fully saturated rings. The Morgan fingerprint density at radius 1 is 1.42 bits per heavy atom. The van der Waals surface area contributed by atoms with E-state index in [0.29, 0.717) is 6.42 Å². The third kappa shape index (κ3) is 6.06. The van der Waals surface area contributed by atoms with Gasteiger partial charge in [-0.1, -0.05) is 18.2 Å². The highest BCUT2D eigenvalue weighted by Gasteiger charge is 2.06. The van der Waals surface area contributed by atoms with Gasteiger partial charge in [-0.05, 0) is 30.7 Å². The zero-order valence-corrected chi connectivity index (χ0v) is 11.3. The maximum atomic E-state index is 10.5. The Labute approximate surface area is 114 Å². The lowest BCUT2D eigenvalue weighted by atomic mass is 10.2. The zero-order valence-electron chi connectivity index (χ0n) is 11.3. The molecule has 19 heavy (non-hydrogen) atoms. The van der Waals surface area contributed by atoms with Crippen molar-refractivity contribution >= 4 is 5.97 Å². The molecule has 104 valence electrons. The largest absolute Gasteiger partial charge is 0.497 e. The van der Waals surface area contributed by atoms with Gasteiger partial charge in [-0.25, -0.2) is 0 Å². The van der Waals surface area contributed by atoms with Crippen molar-refractivity contribution in [2.75, 3.05) is 20.2 Å². The maximum absolute atomic E-state index is 10.5. The molecule has 1 aromatic rings. The summed E-state index contributed by atoms with van der Waals surface area (Å²) < 4.78 is 5.12. The molecule has 0 atom stereocenters. The molecular formula is C15H21NO3. The summed E-state index contributed by atoms with van der Waals surface area (Å²) in [6.45, 7) is 6.03. The fraction of sp³-hybridized carbons (Fsp3) is 0.400. The Balaban J connectivity index is 2.50. The standard InChI is InChI=1S/C15H21NO3/c1-3-10-16(11-4-5-15(17)18)12-13-6-8-14(19-2)9-7-13/h3,6-9H,1,4-5,10-12H2,2H3,(H,17,18). The molecule has 1 aromatic carbocycles. The first-order chi connectivity index (χ1) is 9.15. The summed E-state index contributed by atoms with van der Waals surface area (Å²) in [6.07, 6.45) is 2.69. The Kier molecular flexibility index (Phi) is 6.68. The third-order valence-corrected chi connectivity index (χ3v) is 2.82. The van der Waals surface area contributed by atoms with Crippen LogP contribution in [0.15, 0.2) is 36.9 Å². The Morgan fingerprint density at radius 2 is 2.11 bits per heavy atom. The number of methoxy groups -OCH3 is 1. The average Bonchev–Trinajstić information content (AvgIpc) is 2.39. The lowest BCUT2D eigenvalue weighted by Gasteiger charge is -2.20. The number of aliphatic carboxylic acids is 1. The highest BCUT2D eigenvalue weighted by atomic mass is 16.5. The highest BCUT2D eigenvalue weighted by molar-refractivity contribution is 5.66. The number of ether oxygens (including phenoxy) is 1. The number of carboxylic acids is 1. The SMILES string of the molecule is C=CCN(CCCC(=O)O)Cc1ccc(OC)cc1. The van der Waals surface area contributed by atoms with Crippen molar-refractivity contribution in [3.63, 3.8) is 0 Å². The van der Waals surface area contributed by atoms with Crippen LogP contribution in [-0.4, -0.2) is 36.2 Å². The minimum atomic E-state index is -0.747. The van der Waals surface area contributed by atoms with Gasteiger partial charge in [0.15, 0.2) is 0 Å². The van der Waals surface area contributed by atoms with Gasteiger partial charge in [-0.2, -0.15) is 0 Å². The molecule has 4 heteroatoms. The van der Waals surface area contributed by atoms with E-state index >= 15 is 0 Å². The van der Waals surface area contributed by atoms with E-state index in [-0.39, 0.29) is 6.42 Å². The molecule has 0 amide bonds. The molecule has 0 aliphatic heterocycles. The van der Waals surface area contributed by atoms with E-state index in [2.05, 4.69) is 11.5 Å². The molecule has 0 spiro atoms. The maximum Gasteiger partial charge on any atom is 0.303 e. The normalized spacial score (nSPS) is 10.4. The van der Waals surface area contributed by atoms with Crippen LogP contribution >= 0.6 is 0 Å². The van der Waals surface area contributed by atoms with Crippen LogP contribution in [0.2, 0.25) is 0 Å². The van der Waals surface area contributed by atoms with Gasteiger partial charge in [-0.15, -0.1) is 6.58 Å².